The summed E-state index contributed by atoms with van der Waals surface area (Å²) in [5.41, 5.74) is 2.81. The molecule has 0 unspecified atom stereocenters. The molecule has 0 spiro atoms. The van der Waals surface area contributed by atoms with E-state index in [-0.39, 0.29) is 11.5 Å². The van der Waals surface area contributed by atoms with Crippen molar-refractivity contribution in [3.8, 4) is 11.8 Å². The van der Waals surface area contributed by atoms with Crippen molar-refractivity contribution >= 4 is 17.3 Å². The van der Waals surface area contributed by atoms with Gasteiger partial charge in [-0.15, -0.1) is 0 Å². The van der Waals surface area contributed by atoms with Crippen molar-refractivity contribution in [1.29, 1.82) is 5.26 Å². The van der Waals surface area contributed by atoms with E-state index in [1.54, 1.807) is 4.90 Å². The molecule has 2 aromatic carbocycles. The second-order valence-electron chi connectivity index (χ2n) is 5.93. The smallest absolute Gasteiger partial charge is 0.270 e. The van der Waals surface area contributed by atoms with Gasteiger partial charge in [0, 0.05) is 18.4 Å². The molecule has 26 heavy (non-hydrogen) atoms. The van der Waals surface area contributed by atoms with Crippen LogP contribution in [0, 0.1) is 11.3 Å². The van der Waals surface area contributed by atoms with Crippen molar-refractivity contribution in [2.45, 2.75) is 19.8 Å². The number of amides is 1. The Morgan fingerprint density at radius 3 is 2.85 bits per heavy atom. The molecule has 1 aliphatic rings. The zero-order chi connectivity index (χ0) is 18.4. The largest absolute Gasteiger partial charge is 0.492 e. The summed E-state index contributed by atoms with van der Waals surface area (Å²) in [6, 6.07) is 17.3. The number of nitrogens with zero attached hydrogens (tertiary/aromatic N) is 2. The lowest BCUT2D eigenvalue weighted by Crippen LogP contribution is -2.36. The fourth-order valence-electron chi connectivity index (χ4n) is 3.05. The lowest BCUT2D eigenvalue weighted by Gasteiger charge is -2.29. The third kappa shape index (κ3) is 3.70. The average Bonchev–Trinajstić information content (AvgIpc) is 2.69. The first-order valence-corrected chi connectivity index (χ1v) is 8.73. The summed E-state index contributed by atoms with van der Waals surface area (Å²) in [5, 5.41) is 12.5. The van der Waals surface area contributed by atoms with Gasteiger partial charge >= 0.3 is 0 Å². The number of hydrogen-bond donors (Lipinski definition) is 1. The lowest BCUT2D eigenvalue weighted by atomic mass is 10.0. The number of anilines is 2. The molecule has 0 fully saturated rings. The topological polar surface area (TPSA) is 65.4 Å². The van der Waals surface area contributed by atoms with Crippen LogP contribution in [0.5, 0.6) is 5.75 Å². The van der Waals surface area contributed by atoms with Crippen molar-refractivity contribution in [1.82, 2.24) is 0 Å². The van der Waals surface area contributed by atoms with Gasteiger partial charge in [-0.25, -0.2) is 0 Å². The van der Waals surface area contributed by atoms with E-state index < -0.39 is 0 Å². The quantitative estimate of drug-likeness (QED) is 0.658. The Morgan fingerprint density at radius 1 is 1.27 bits per heavy atom. The minimum Gasteiger partial charge on any atom is -0.492 e. The van der Waals surface area contributed by atoms with Crippen LogP contribution in [0.2, 0.25) is 0 Å². The highest BCUT2D eigenvalue weighted by atomic mass is 16.5. The molecule has 0 aromatic heterocycles. The van der Waals surface area contributed by atoms with E-state index >= 15 is 0 Å². The summed E-state index contributed by atoms with van der Waals surface area (Å²) < 4.78 is 5.56. The van der Waals surface area contributed by atoms with Gasteiger partial charge < -0.3 is 15.0 Å². The molecule has 0 aliphatic carbocycles. The van der Waals surface area contributed by atoms with Crippen LogP contribution in [-0.2, 0) is 11.2 Å². The first-order valence-electron chi connectivity index (χ1n) is 8.73. The molecule has 0 saturated carbocycles. The summed E-state index contributed by atoms with van der Waals surface area (Å²) in [6.07, 6.45) is 3.30. The molecule has 3 rings (SSSR count). The Kier molecular flexibility index (Phi) is 5.55. The molecule has 5 nitrogen and oxygen atoms in total. The van der Waals surface area contributed by atoms with Gasteiger partial charge in [0.1, 0.15) is 17.4 Å². The zero-order valence-corrected chi connectivity index (χ0v) is 14.7. The highest BCUT2D eigenvalue weighted by Crippen LogP contribution is 2.28. The maximum Gasteiger partial charge on any atom is 0.270 e. The first-order chi connectivity index (χ1) is 12.7. The van der Waals surface area contributed by atoms with Crippen molar-refractivity contribution < 1.29 is 9.53 Å². The third-order valence-electron chi connectivity index (χ3n) is 4.27. The number of fused-ring (bicyclic) bond motifs is 1. The summed E-state index contributed by atoms with van der Waals surface area (Å²) in [6.45, 7) is 3.06. The van der Waals surface area contributed by atoms with Gasteiger partial charge in [-0.2, -0.15) is 5.26 Å². The van der Waals surface area contributed by atoms with Crippen LogP contribution in [0.1, 0.15) is 18.9 Å². The SMILES string of the molecule is CCOc1ccccc1N/C=C(/C#N)C(=O)N1CCCc2ccccc21. The Bertz CT molecular complexity index is 868. The van der Waals surface area contributed by atoms with Gasteiger partial charge in [-0.05, 0) is 43.5 Å². The highest BCUT2D eigenvalue weighted by molar-refractivity contribution is 6.09. The van der Waals surface area contributed by atoms with E-state index in [9.17, 15) is 10.1 Å². The molecule has 2 aromatic rings. The molecule has 0 atom stereocenters. The number of nitrogens with one attached hydrogen (secondary N) is 1. The molecular formula is C21H21N3O2. The molecule has 132 valence electrons. The fraction of sp³-hybridized carbons (Fsp3) is 0.238. The Balaban J connectivity index is 1.83. The van der Waals surface area contributed by atoms with Crippen molar-refractivity contribution in [2.75, 3.05) is 23.4 Å². The highest BCUT2D eigenvalue weighted by Gasteiger charge is 2.24. The van der Waals surface area contributed by atoms with Gasteiger partial charge in [0.15, 0.2) is 0 Å². The zero-order valence-electron chi connectivity index (χ0n) is 14.7. The van der Waals surface area contributed by atoms with Crippen LogP contribution >= 0.6 is 0 Å². The van der Waals surface area contributed by atoms with Crippen LogP contribution < -0.4 is 15.0 Å². The molecule has 0 saturated heterocycles. The molecule has 1 heterocycles. The summed E-state index contributed by atoms with van der Waals surface area (Å²) in [5.74, 6) is 0.389. The minimum absolute atomic E-state index is 0.0630. The maximum atomic E-state index is 12.9. The number of aryl methyl sites for hydroxylation is 1. The lowest BCUT2D eigenvalue weighted by molar-refractivity contribution is -0.114. The van der Waals surface area contributed by atoms with Gasteiger partial charge in [0.05, 0.1) is 12.3 Å². The Morgan fingerprint density at radius 2 is 2.04 bits per heavy atom. The predicted molar refractivity (Wildman–Crippen MR) is 102 cm³/mol. The number of carbonyl (C=O) groups is 1. The van der Waals surface area contributed by atoms with Crippen molar-refractivity contribution in [3.63, 3.8) is 0 Å². The molecule has 0 radical (unpaired) electrons. The second-order valence-corrected chi connectivity index (χ2v) is 5.93. The third-order valence-corrected chi connectivity index (χ3v) is 4.27. The number of hydrogen-bond acceptors (Lipinski definition) is 4. The van der Waals surface area contributed by atoms with E-state index in [2.05, 4.69) is 5.32 Å². The van der Waals surface area contributed by atoms with E-state index in [0.717, 1.165) is 24.1 Å². The molecule has 1 N–H and O–H groups in total. The average molecular weight is 347 g/mol. The van der Waals surface area contributed by atoms with Crippen LogP contribution in [0.3, 0.4) is 0 Å². The fourth-order valence-corrected chi connectivity index (χ4v) is 3.05. The number of carbonyl (C=O) groups excluding carboxylic acids is 1. The van der Waals surface area contributed by atoms with Crippen molar-refractivity contribution in [2.24, 2.45) is 0 Å². The van der Waals surface area contributed by atoms with Crippen LogP contribution in [0.25, 0.3) is 0 Å². The molecular weight excluding hydrogens is 326 g/mol. The van der Waals surface area contributed by atoms with E-state index in [1.165, 1.54) is 6.20 Å². The normalized spacial score (nSPS) is 13.5. The summed E-state index contributed by atoms with van der Waals surface area (Å²) in [7, 11) is 0. The minimum atomic E-state index is -0.291. The molecule has 0 bridgehead atoms. The number of nitriles is 1. The number of benzene rings is 2. The second kappa shape index (κ2) is 8.21. The monoisotopic (exact) mass is 347 g/mol. The van der Waals surface area contributed by atoms with Crippen LogP contribution in [0.4, 0.5) is 11.4 Å². The van der Waals surface area contributed by atoms with Crippen LogP contribution in [0.15, 0.2) is 60.3 Å². The Hall–Kier alpha value is -3.26. The Labute approximate surface area is 153 Å². The molecule has 1 amide bonds. The van der Waals surface area contributed by atoms with E-state index in [0.29, 0.717) is 24.6 Å². The van der Waals surface area contributed by atoms with Gasteiger partial charge in [0.25, 0.3) is 5.91 Å². The van der Waals surface area contributed by atoms with Crippen LogP contribution in [-0.4, -0.2) is 19.1 Å². The van der Waals surface area contributed by atoms with Crippen molar-refractivity contribution in [3.05, 3.63) is 65.9 Å². The standard InChI is InChI=1S/C21H21N3O2/c1-2-26-20-12-6-4-10-18(20)23-15-17(14-22)21(25)24-13-7-9-16-8-3-5-11-19(16)24/h3-6,8,10-12,15,23H,2,7,9,13H2,1H3/b17-15-. The van der Waals surface area contributed by atoms with Gasteiger partial charge in [-0.3, -0.25) is 4.79 Å². The first kappa shape index (κ1) is 17.6. The van der Waals surface area contributed by atoms with Gasteiger partial charge in [-0.1, -0.05) is 30.3 Å². The maximum absolute atomic E-state index is 12.9. The number of para-hydroxylation sites is 3. The van der Waals surface area contributed by atoms with Gasteiger partial charge in [0.2, 0.25) is 0 Å². The molecule has 1 aliphatic heterocycles. The van der Waals surface area contributed by atoms with E-state index in [4.69, 9.17) is 4.74 Å². The summed E-state index contributed by atoms with van der Waals surface area (Å²) in [4.78, 5) is 14.6. The predicted octanol–water partition coefficient (Wildman–Crippen LogP) is 3.88. The molecule has 5 heteroatoms. The number of ether oxygens (including phenoxy) is 1. The van der Waals surface area contributed by atoms with E-state index in [1.807, 2.05) is 61.5 Å². The number of rotatable bonds is 5. The summed E-state index contributed by atoms with van der Waals surface area (Å²) >= 11 is 0.